The van der Waals surface area contributed by atoms with Gasteiger partial charge in [0, 0.05) is 0 Å². The SMILES string of the molecule is CC(C)(C)C(O[SiH](c1ccccc1)c1ccccc1)C1CC[C@@H](O)[C@@H](O)C1. The lowest BCUT2D eigenvalue weighted by atomic mass is 9.73. The van der Waals surface area contributed by atoms with Gasteiger partial charge in [0.1, 0.15) is 0 Å². The van der Waals surface area contributed by atoms with Gasteiger partial charge in [0.15, 0.2) is 0 Å². The Balaban J connectivity index is 1.91. The van der Waals surface area contributed by atoms with E-state index >= 15 is 0 Å². The maximum absolute atomic E-state index is 10.2. The molecule has 0 saturated heterocycles. The second-order valence-electron chi connectivity index (χ2n) is 8.83. The van der Waals surface area contributed by atoms with E-state index in [0.29, 0.717) is 12.8 Å². The van der Waals surface area contributed by atoms with E-state index in [2.05, 4.69) is 69.3 Å². The van der Waals surface area contributed by atoms with Crippen molar-refractivity contribution in [3.63, 3.8) is 0 Å². The fraction of sp³-hybridized carbons (Fsp3) is 0.478. The second-order valence-corrected chi connectivity index (χ2v) is 11.2. The van der Waals surface area contributed by atoms with Crippen LogP contribution in [0.4, 0.5) is 0 Å². The van der Waals surface area contributed by atoms with E-state index in [1.165, 1.54) is 10.4 Å². The molecule has 2 aromatic carbocycles. The van der Waals surface area contributed by atoms with Crippen LogP contribution < -0.4 is 10.4 Å². The summed E-state index contributed by atoms with van der Waals surface area (Å²) in [4.78, 5) is 0. The van der Waals surface area contributed by atoms with Gasteiger partial charge in [-0.15, -0.1) is 0 Å². The van der Waals surface area contributed by atoms with Crippen LogP contribution in [0.2, 0.25) is 0 Å². The Morgan fingerprint density at radius 3 is 1.81 bits per heavy atom. The lowest BCUT2D eigenvalue weighted by Crippen LogP contribution is -2.53. The first-order valence-electron chi connectivity index (χ1n) is 9.97. The van der Waals surface area contributed by atoms with Crippen molar-refractivity contribution in [1.29, 1.82) is 0 Å². The van der Waals surface area contributed by atoms with Crippen LogP contribution in [0.5, 0.6) is 0 Å². The second kappa shape index (κ2) is 8.70. The zero-order valence-corrected chi connectivity index (χ0v) is 17.7. The Labute approximate surface area is 164 Å². The van der Waals surface area contributed by atoms with Crippen LogP contribution in [0.15, 0.2) is 60.7 Å². The average Bonchev–Trinajstić information content (AvgIpc) is 2.65. The maximum atomic E-state index is 10.2. The van der Waals surface area contributed by atoms with E-state index in [-0.39, 0.29) is 17.4 Å². The number of benzene rings is 2. The third kappa shape index (κ3) is 5.08. The minimum atomic E-state index is -1.86. The quantitative estimate of drug-likeness (QED) is 0.779. The number of hydrogen-bond acceptors (Lipinski definition) is 3. The fourth-order valence-corrected chi connectivity index (χ4v) is 6.98. The molecule has 2 N–H and O–H groups in total. The van der Waals surface area contributed by atoms with E-state index < -0.39 is 21.2 Å². The molecule has 0 spiro atoms. The lowest BCUT2D eigenvalue weighted by Gasteiger charge is -2.43. The molecule has 2 aromatic rings. The molecule has 3 nitrogen and oxygen atoms in total. The summed E-state index contributed by atoms with van der Waals surface area (Å²) in [7, 11) is -1.86. The van der Waals surface area contributed by atoms with Crippen molar-refractivity contribution >= 4 is 19.4 Å². The molecule has 2 unspecified atom stereocenters. The largest absolute Gasteiger partial charge is 0.407 e. The number of rotatable bonds is 5. The normalized spacial score (nSPS) is 24.7. The van der Waals surface area contributed by atoms with Crippen molar-refractivity contribution in [1.82, 2.24) is 0 Å². The van der Waals surface area contributed by atoms with Gasteiger partial charge in [-0.2, -0.15) is 0 Å². The summed E-state index contributed by atoms with van der Waals surface area (Å²) in [6, 6.07) is 21.1. The number of aliphatic hydroxyl groups excluding tert-OH is 2. The highest BCUT2D eigenvalue weighted by molar-refractivity contribution is 6.80. The molecule has 4 heteroatoms. The summed E-state index contributed by atoms with van der Waals surface area (Å²) in [6.45, 7) is 6.66. The lowest BCUT2D eigenvalue weighted by molar-refractivity contribution is -0.0645. The Bertz CT molecular complexity index is 659. The van der Waals surface area contributed by atoms with Crippen molar-refractivity contribution < 1.29 is 14.6 Å². The standard InChI is InChI=1S/C23H32O3Si/c1-23(2,3)22(17-14-15-20(24)21(25)16-17)26-27(18-10-6-4-7-11-18)19-12-8-5-9-13-19/h4-13,17,20-22,24-25,27H,14-16H2,1-3H3/t17?,20-,21+,22?/m1/s1. The molecule has 3 rings (SSSR count). The average molecular weight is 385 g/mol. The van der Waals surface area contributed by atoms with Crippen LogP contribution >= 0.6 is 0 Å². The van der Waals surface area contributed by atoms with Gasteiger partial charge in [0.25, 0.3) is 0 Å². The predicted octanol–water partition coefficient (Wildman–Crippen LogP) is 2.48. The first-order chi connectivity index (χ1) is 12.9. The minimum Gasteiger partial charge on any atom is -0.407 e. The summed E-state index contributed by atoms with van der Waals surface area (Å²) >= 11 is 0. The first kappa shape index (κ1) is 20.3. The Morgan fingerprint density at radius 2 is 1.37 bits per heavy atom. The van der Waals surface area contributed by atoms with Crippen LogP contribution in [-0.2, 0) is 4.43 Å². The predicted molar refractivity (Wildman–Crippen MR) is 113 cm³/mol. The van der Waals surface area contributed by atoms with Crippen LogP contribution in [0.1, 0.15) is 40.0 Å². The molecule has 1 aliphatic rings. The third-order valence-electron chi connectivity index (χ3n) is 5.59. The van der Waals surface area contributed by atoms with Gasteiger partial charge in [-0.3, -0.25) is 0 Å². The molecule has 0 aliphatic heterocycles. The van der Waals surface area contributed by atoms with Crippen molar-refractivity contribution in [2.45, 2.75) is 58.3 Å². The van der Waals surface area contributed by atoms with Crippen molar-refractivity contribution in [3.8, 4) is 0 Å². The Kier molecular flexibility index (Phi) is 6.53. The number of aliphatic hydroxyl groups is 2. The molecule has 0 bridgehead atoms. The summed E-state index contributed by atoms with van der Waals surface area (Å²) in [5.74, 6) is 0.255. The molecule has 4 atom stereocenters. The zero-order valence-electron chi connectivity index (χ0n) is 16.6. The van der Waals surface area contributed by atoms with Gasteiger partial charge < -0.3 is 14.6 Å². The van der Waals surface area contributed by atoms with Gasteiger partial charge in [0.2, 0.25) is 9.04 Å². The van der Waals surface area contributed by atoms with Gasteiger partial charge >= 0.3 is 0 Å². The maximum Gasteiger partial charge on any atom is 0.240 e. The van der Waals surface area contributed by atoms with E-state index in [9.17, 15) is 10.2 Å². The van der Waals surface area contributed by atoms with E-state index in [1.807, 2.05) is 12.1 Å². The fourth-order valence-electron chi connectivity index (χ4n) is 4.21. The third-order valence-corrected chi connectivity index (χ3v) is 8.14. The molecule has 27 heavy (non-hydrogen) atoms. The summed E-state index contributed by atoms with van der Waals surface area (Å²) in [6.07, 6.45) is 0.934. The van der Waals surface area contributed by atoms with Crippen molar-refractivity contribution in [2.24, 2.45) is 11.3 Å². The van der Waals surface area contributed by atoms with Crippen molar-refractivity contribution in [2.75, 3.05) is 0 Å². The van der Waals surface area contributed by atoms with Crippen LogP contribution in [0.25, 0.3) is 0 Å². The highest BCUT2D eigenvalue weighted by atomic mass is 28.3. The Hall–Kier alpha value is -1.46. The van der Waals surface area contributed by atoms with E-state index in [1.54, 1.807) is 0 Å². The molecule has 1 fully saturated rings. The molecule has 146 valence electrons. The van der Waals surface area contributed by atoms with Crippen LogP contribution in [-0.4, -0.2) is 37.6 Å². The smallest absolute Gasteiger partial charge is 0.240 e. The molecule has 0 aromatic heterocycles. The molecule has 0 amide bonds. The van der Waals surface area contributed by atoms with E-state index in [0.717, 1.165) is 6.42 Å². The van der Waals surface area contributed by atoms with E-state index in [4.69, 9.17) is 4.43 Å². The highest BCUT2D eigenvalue weighted by Crippen LogP contribution is 2.37. The highest BCUT2D eigenvalue weighted by Gasteiger charge is 2.40. The topological polar surface area (TPSA) is 49.7 Å². The van der Waals surface area contributed by atoms with Gasteiger partial charge in [-0.1, -0.05) is 81.4 Å². The molecular formula is C23H32O3Si. The summed E-state index contributed by atoms with van der Waals surface area (Å²) in [5.41, 5.74) is -0.0402. The molecule has 1 saturated carbocycles. The van der Waals surface area contributed by atoms with Crippen molar-refractivity contribution in [3.05, 3.63) is 60.7 Å². The van der Waals surface area contributed by atoms with Crippen LogP contribution in [0.3, 0.4) is 0 Å². The number of hydrogen-bond donors (Lipinski definition) is 2. The minimum absolute atomic E-state index is 0.0386. The molecule has 0 radical (unpaired) electrons. The summed E-state index contributed by atoms with van der Waals surface area (Å²) in [5, 5.41) is 22.7. The van der Waals surface area contributed by atoms with Crippen LogP contribution in [0, 0.1) is 11.3 Å². The van der Waals surface area contributed by atoms with Gasteiger partial charge in [0.05, 0.1) is 18.3 Å². The first-order valence-corrected chi connectivity index (χ1v) is 11.6. The summed E-state index contributed by atoms with van der Waals surface area (Å²) < 4.78 is 6.96. The zero-order chi connectivity index (χ0) is 19.4. The monoisotopic (exact) mass is 384 g/mol. The van der Waals surface area contributed by atoms with Gasteiger partial charge in [-0.25, -0.2) is 0 Å². The molecular weight excluding hydrogens is 352 g/mol. The molecule has 0 heterocycles. The molecule has 1 aliphatic carbocycles. The Morgan fingerprint density at radius 1 is 0.852 bits per heavy atom. The van der Waals surface area contributed by atoms with Gasteiger partial charge in [-0.05, 0) is 41.0 Å².